The summed E-state index contributed by atoms with van der Waals surface area (Å²) in [5.41, 5.74) is 11.9. The second kappa shape index (κ2) is 16.7. The Hall–Kier alpha value is -3.56. The van der Waals surface area contributed by atoms with Crippen LogP contribution < -0.4 is 11.1 Å². The number of para-hydroxylation sites is 2. The van der Waals surface area contributed by atoms with Crippen molar-refractivity contribution in [2.45, 2.75) is 71.2 Å². The molecule has 0 amide bonds. The third-order valence-electron chi connectivity index (χ3n) is 8.72. The monoisotopic (exact) mass is 751 g/mol. The number of hydrogen-bond donors (Lipinski definition) is 2. The first-order valence-electron chi connectivity index (χ1n) is 16.2. The fourth-order valence-corrected chi connectivity index (χ4v) is 7.17. The molecule has 1 aliphatic rings. The summed E-state index contributed by atoms with van der Waals surface area (Å²) in [4.78, 5) is 27.9. The first-order valence-corrected chi connectivity index (χ1v) is 17.7. The van der Waals surface area contributed by atoms with E-state index in [2.05, 4.69) is 33.1 Å². The van der Waals surface area contributed by atoms with Gasteiger partial charge in [-0.1, -0.05) is 97.9 Å². The number of rotatable bonds is 12. The minimum absolute atomic E-state index is 0.0704. The van der Waals surface area contributed by atoms with Crippen LogP contribution in [0.2, 0.25) is 10.0 Å². The first-order chi connectivity index (χ1) is 23.1. The molecule has 7 nitrogen and oxygen atoms in total. The Balaban J connectivity index is 1.30. The summed E-state index contributed by atoms with van der Waals surface area (Å²) < 4.78 is 12.2. The molecule has 252 valence electrons. The van der Waals surface area contributed by atoms with Crippen molar-refractivity contribution in [3.63, 3.8) is 0 Å². The van der Waals surface area contributed by atoms with Crippen LogP contribution in [0.15, 0.2) is 83.3 Å². The fourth-order valence-electron chi connectivity index (χ4n) is 6.18. The summed E-state index contributed by atoms with van der Waals surface area (Å²) in [7, 11) is 0. The molecular formula is C38H40BrCl2N3O4. The Morgan fingerprint density at radius 3 is 2.33 bits per heavy atom. The molecular weight excluding hydrogens is 713 g/mol. The van der Waals surface area contributed by atoms with Crippen LogP contribution in [0.3, 0.4) is 0 Å². The number of hydrogen-bond acceptors (Lipinski definition) is 7. The third kappa shape index (κ3) is 8.91. The molecule has 5 rings (SSSR count). The number of halogens is 3. The average molecular weight is 754 g/mol. The molecule has 0 bridgehead atoms. The molecule has 3 N–H and O–H groups in total. The Kier molecular flexibility index (Phi) is 12.4. The first kappa shape index (κ1) is 35.7. The van der Waals surface area contributed by atoms with Gasteiger partial charge in [-0.3, -0.25) is 9.69 Å². The second-order valence-electron chi connectivity index (χ2n) is 12.0. The standard InChI is InChI=1S/C38H40BrCl2N3O4/c1-3-44(29-10-5-4-6-11-29)22-28-20-27(21-31(39)35(28)42)38(46)47-23-25-16-18-26(19-17-25)37(48-24(2)45)30-12-7-8-15-34(30)43-36-32(40)13-9-14-33(36)41/h7-9,12-21,29,37,43H,3-6,10-11,22-23,42H2,1-2H3. The summed E-state index contributed by atoms with van der Waals surface area (Å²) in [5, 5.41) is 4.23. The van der Waals surface area contributed by atoms with E-state index >= 15 is 0 Å². The van der Waals surface area contributed by atoms with Crippen molar-refractivity contribution in [2.24, 2.45) is 0 Å². The second-order valence-corrected chi connectivity index (χ2v) is 13.7. The Bertz CT molecular complexity index is 1720. The van der Waals surface area contributed by atoms with Crippen LogP contribution in [-0.2, 0) is 27.4 Å². The highest BCUT2D eigenvalue weighted by atomic mass is 79.9. The van der Waals surface area contributed by atoms with Gasteiger partial charge in [-0.05, 0) is 82.3 Å². The molecule has 0 radical (unpaired) electrons. The molecule has 1 unspecified atom stereocenters. The lowest BCUT2D eigenvalue weighted by molar-refractivity contribution is -0.144. The number of anilines is 3. The number of benzene rings is 4. The number of carbonyl (C=O) groups is 2. The zero-order valence-corrected chi connectivity index (χ0v) is 30.2. The quantitative estimate of drug-likeness (QED) is 0.110. The summed E-state index contributed by atoms with van der Waals surface area (Å²) in [6.07, 6.45) is 5.47. The molecule has 0 spiro atoms. The molecule has 1 atom stereocenters. The third-order valence-corrected chi connectivity index (χ3v) is 10.0. The molecule has 1 fully saturated rings. The number of esters is 2. The van der Waals surface area contributed by atoms with Crippen molar-refractivity contribution in [3.05, 3.63) is 121 Å². The summed E-state index contributed by atoms with van der Waals surface area (Å²) in [5.74, 6) is -0.865. The van der Waals surface area contributed by atoms with E-state index in [1.54, 1.807) is 24.3 Å². The van der Waals surface area contributed by atoms with Crippen LogP contribution >= 0.6 is 39.1 Å². The van der Waals surface area contributed by atoms with Gasteiger partial charge in [-0.25, -0.2) is 4.79 Å². The highest BCUT2D eigenvalue weighted by Gasteiger charge is 2.24. The van der Waals surface area contributed by atoms with E-state index in [1.165, 1.54) is 39.0 Å². The lowest BCUT2D eigenvalue weighted by Gasteiger charge is -2.34. The van der Waals surface area contributed by atoms with E-state index in [-0.39, 0.29) is 6.61 Å². The number of nitrogens with zero attached hydrogens (tertiary/aromatic N) is 1. The molecule has 0 aromatic heterocycles. The van der Waals surface area contributed by atoms with Crippen LogP contribution in [0.4, 0.5) is 17.1 Å². The number of carbonyl (C=O) groups excluding carboxylic acids is 2. The maximum Gasteiger partial charge on any atom is 0.338 e. The molecule has 4 aromatic carbocycles. The number of ether oxygens (including phenoxy) is 2. The number of nitrogens with two attached hydrogens (primary N) is 1. The largest absolute Gasteiger partial charge is 0.457 e. The predicted octanol–water partition coefficient (Wildman–Crippen LogP) is 10.2. The Morgan fingerprint density at radius 2 is 1.67 bits per heavy atom. The maximum absolute atomic E-state index is 13.2. The van der Waals surface area contributed by atoms with Crippen molar-refractivity contribution in [1.82, 2.24) is 4.90 Å². The zero-order chi connectivity index (χ0) is 34.2. The van der Waals surface area contributed by atoms with Gasteiger partial charge < -0.3 is 20.5 Å². The van der Waals surface area contributed by atoms with Crippen molar-refractivity contribution >= 4 is 68.1 Å². The lowest BCUT2D eigenvalue weighted by Crippen LogP contribution is -2.36. The summed E-state index contributed by atoms with van der Waals surface area (Å²) >= 11 is 16.4. The average Bonchev–Trinajstić information content (AvgIpc) is 3.09. The highest BCUT2D eigenvalue weighted by molar-refractivity contribution is 9.10. The van der Waals surface area contributed by atoms with Gasteiger partial charge in [0, 0.05) is 35.2 Å². The van der Waals surface area contributed by atoms with Gasteiger partial charge in [0.2, 0.25) is 0 Å². The fraction of sp³-hybridized carbons (Fsp3) is 0.316. The van der Waals surface area contributed by atoms with Gasteiger partial charge in [0.1, 0.15) is 6.61 Å². The molecule has 1 aliphatic carbocycles. The van der Waals surface area contributed by atoms with Crippen molar-refractivity contribution in [3.8, 4) is 0 Å². The summed E-state index contributed by atoms with van der Waals surface area (Å²) in [6.45, 7) is 5.22. The van der Waals surface area contributed by atoms with Gasteiger partial charge in [0.15, 0.2) is 6.10 Å². The molecule has 10 heteroatoms. The van der Waals surface area contributed by atoms with Gasteiger partial charge in [0.25, 0.3) is 0 Å². The Morgan fingerprint density at radius 1 is 0.979 bits per heavy atom. The molecule has 48 heavy (non-hydrogen) atoms. The molecule has 0 aliphatic heterocycles. The molecule has 4 aromatic rings. The van der Waals surface area contributed by atoms with Gasteiger partial charge in [-0.15, -0.1) is 0 Å². The number of nitrogens with one attached hydrogen (secondary N) is 1. The minimum Gasteiger partial charge on any atom is -0.457 e. The van der Waals surface area contributed by atoms with Crippen LogP contribution in [0.1, 0.15) is 84.7 Å². The van der Waals surface area contributed by atoms with Crippen LogP contribution in [0, 0.1) is 0 Å². The smallest absolute Gasteiger partial charge is 0.338 e. The van der Waals surface area contributed by atoms with E-state index in [0.29, 0.717) is 49.7 Å². The van der Waals surface area contributed by atoms with E-state index in [4.69, 9.17) is 38.4 Å². The van der Waals surface area contributed by atoms with Crippen molar-refractivity contribution in [2.75, 3.05) is 17.6 Å². The van der Waals surface area contributed by atoms with Crippen molar-refractivity contribution < 1.29 is 19.1 Å². The summed E-state index contributed by atoms with van der Waals surface area (Å²) in [6, 6.07) is 24.3. The van der Waals surface area contributed by atoms with Crippen LogP contribution in [-0.4, -0.2) is 29.4 Å². The topological polar surface area (TPSA) is 93.9 Å². The predicted molar refractivity (Wildman–Crippen MR) is 197 cm³/mol. The van der Waals surface area contributed by atoms with E-state index in [0.717, 1.165) is 28.8 Å². The highest BCUT2D eigenvalue weighted by Crippen LogP contribution is 2.38. The van der Waals surface area contributed by atoms with Gasteiger partial charge in [0.05, 0.1) is 27.0 Å². The van der Waals surface area contributed by atoms with E-state index < -0.39 is 18.0 Å². The normalized spacial score (nSPS) is 14.0. The molecule has 0 saturated heterocycles. The van der Waals surface area contributed by atoms with Gasteiger partial charge in [-0.2, -0.15) is 0 Å². The van der Waals surface area contributed by atoms with Gasteiger partial charge >= 0.3 is 11.9 Å². The number of nitrogen functional groups attached to an aromatic ring is 1. The lowest BCUT2D eigenvalue weighted by atomic mass is 9.93. The van der Waals surface area contributed by atoms with Crippen LogP contribution in [0.25, 0.3) is 0 Å². The SMILES string of the molecule is CCN(Cc1cc(C(=O)OCc2ccc(C(OC(C)=O)c3ccccc3Nc3c(Cl)cccc3Cl)cc2)cc(Br)c1N)C1CCCCC1. The van der Waals surface area contributed by atoms with Crippen LogP contribution in [0.5, 0.6) is 0 Å². The van der Waals surface area contributed by atoms with E-state index in [9.17, 15) is 9.59 Å². The maximum atomic E-state index is 13.2. The van der Waals surface area contributed by atoms with E-state index in [1.807, 2.05) is 54.6 Å². The zero-order valence-electron chi connectivity index (χ0n) is 27.1. The molecule has 0 heterocycles. The molecule has 1 saturated carbocycles. The minimum atomic E-state index is -0.717. The Labute approximate surface area is 300 Å². The van der Waals surface area contributed by atoms with Crippen molar-refractivity contribution in [1.29, 1.82) is 0 Å².